The van der Waals surface area contributed by atoms with Crippen molar-refractivity contribution in [3.8, 4) is 0 Å². The molecule has 3 rings (SSSR count). The van der Waals surface area contributed by atoms with Gasteiger partial charge in [0.15, 0.2) is 0 Å². The number of carbonyl (C=O) groups is 1. The van der Waals surface area contributed by atoms with Crippen molar-refractivity contribution in [1.29, 1.82) is 0 Å². The number of hydroxylamine groups is 1. The average molecular weight is 325 g/mol. The van der Waals surface area contributed by atoms with Gasteiger partial charge in [-0.25, -0.2) is 9.87 Å². The molecule has 1 aliphatic rings. The monoisotopic (exact) mass is 325 g/mol. The predicted molar refractivity (Wildman–Crippen MR) is 91.1 cm³/mol. The Hall–Kier alpha value is -2.46. The topological polar surface area (TPSA) is 49.3 Å². The Balaban J connectivity index is 2.18. The first-order chi connectivity index (χ1) is 11.5. The third-order valence-electron chi connectivity index (χ3n) is 4.96. The molecule has 124 valence electrons. The van der Waals surface area contributed by atoms with Gasteiger partial charge >= 0.3 is 0 Å². The van der Waals surface area contributed by atoms with Gasteiger partial charge in [0.2, 0.25) is 0 Å². The number of amides is 1. The van der Waals surface area contributed by atoms with Crippen LogP contribution in [0.5, 0.6) is 0 Å². The van der Waals surface area contributed by atoms with Crippen molar-refractivity contribution in [2.75, 3.05) is 0 Å². The van der Waals surface area contributed by atoms with Gasteiger partial charge in [0.1, 0.15) is 5.82 Å². The summed E-state index contributed by atoms with van der Waals surface area (Å²) in [4.78, 5) is 12.5. The predicted octanol–water partition coefficient (Wildman–Crippen LogP) is 4.06. The van der Waals surface area contributed by atoms with Crippen LogP contribution in [0.25, 0.3) is 5.57 Å². The highest BCUT2D eigenvalue weighted by atomic mass is 19.1. The van der Waals surface area contributed by atoms with Crippen molar-refractivity contribution in [2.45, 2.75) is 32.1 Å². The fraction of sp³-hybridized carbons (Fsp3) is 0.250. The fourth-order valence-corrected chi connectivity index (χ4v) is 3.62. The number of benzene rings is 2. The zero-order chi connectivity index (χ0) is 17.3. The van der Waals surface area contributed by atoms with Crippen molar-refractivity contribution < 1.29 is 14.4 Å². The van der Waals surface area contributed by atoms with Gasteiger partial charge in [0, 0.05) is 0 Å². The van der Waals surface area contributed by atoms with Gasteiger partial charge < -0.3 is 0 Å². The smallest absolute Gasteiger partial charge is 0.257 e. The van der Waals surface area contributed by atoms with Gasteiger partial charge in [-0.3, -0.25) is 10.0 Å². The molecule has 2 N–H and O–H groups in total. The summed E-state index contributed by atoms with van der Waals surface area (Å²) in [7, 11) is 0. The largest absolute Gasteiger partial charge is 0.289 e. The summed E-state index contributed by atoms with van der Waals surface area (Å²) >= 11 is 0. The molecule has 24 heavy (non-hydrogen) atoms. The molecule has 0 heterocycles. The Morgan fingerprint density at radius 3 is 2.62 bits per heavy atom. The van der Waals surface area contributed by atoms with Crippen LogP contribution >= 0.6 is 0 Å². The van der Waals surface area contributed by atoms with E-state index in [1.807, 2.05) is 37.3 Å². The molecule has 3 nitrogen and oxygen atoms in total. The fourth-order valence-electron chi connectivity index (χ4n) is 3.62. The van der Waals surface area contributed by atoms with E-state index in [9.17, 15) is 14.4 Å². The summed E-state index contributed by atoms with van der Waals surface area (Å²) in [5, 5.41) is 9.27. The van der Waals surface area contributed by atoms with E-state index in [0.717, 1.165) is 16.7 Å². The lowest BCUT2D eigenvalue weighted by Crippen LogP contribution is -2.41. The molecule has 0 saturated heterocycles. The lowest BCUT2D eigenvalue weighted by Gasteiger charge is -2.27. The molecular formula is C20H20FNO2. The lowest BCUT2D eigenvalue weighted by atomic mass is 9.77. The molecule has 0 aliphatic heterocycles. The first kappa shape index (κ1) is 16.4. The van der Waals surface area contributed by atoms with Gasteiger partial charge in [-0.1, -0.05) is 42.5 Å². The second-order valence-electron chi connectivity index (χ2n) is 6.31. The Kier molecular flexibility index (Phi) is 4.24. The maximum Gasteiger partial charge on any atom is 0.257 e. The molecular weight excluding hydrogens is 305 g/mol. The maximum atomic E-state index is 14.0. The molecule has 0 unspecified atom stereocenters. The molecule has 2 aromatic carbocycles. The van der Waals surface area contributed by atoms with Crippen LogP contribution in [0.15, 0.2) is 48.5 Å². The third kappa shape index (κ3) is 2.53. The van der Waals surface area contributed by atoms with Crippen LogP contribution in [-0.2, 0) is 10.2 Å². The molecule has 0 fully saturated rings. The molecule has 0 bridgehead atoms. The molecule has 1 amide bonds. The van der Waals surface area contributed by atoms with E-state index < -0.39 is 11.3 Å². The van der Waals surface area contributed by atoms with Crippen LogP contribution < -0.4 is 5.48 Å². The zero-order valence-electron chi connectivity index (χ0n) is 13.8. The Morgan fingerprint density at radius 2 is 1.92 bits per heavy atom. The first-order valence-corrected chi connectivity index (χ1v) is 7.97. The number of rotatable bonds is 3. The number of carbonyl (C=O) groups excluding carboxylic acids is 1. The Labute approximate surface area is 140 Å². The quantitative estimate of drug-likeness (QED) is 0.660. The first-order valence-electron chi connectivity index (χ1n) is 7.97. The highest BCUT2D eigenvalue weighted by Crippen LogP contribution is 2.44. The minimum absolute atomic E-state index is 0.352. The van der Waals surface area contributed by atoms with Gasteiger partial charge in [0.05, 0.1) is 5.41 Å². The normalized spacial score (nSPS) is 19.9. The van der Waals surface area contributed by atoms with E-state index in [0.29, 0.717) is 24.0 Å². The molecule has 1 atom stereocenters. The molecule has 0 radical (unpaired) electrons. The minimum atomic E-state index is -1.06. The van der Waals surface area contributed by atoms with Crippen LogP contribution in [0.4, 0.5) is 4.39 Å². The Bertz CT molecular complexity index is 828. The summed E-state index contributed by atoms with van der Waals surface area (Å²) < 4.78 is 14.0. The number of aryl methyl sites for hydroxylation is 1. The minimum Gasteiger partial charge on any atom is -0.289 e. The van der Waals surface area contributed by atoms with Crippen LogP contribution in [0.2, 0.25) is 0 Å². The van der Waals surface area contributed by atoms with Crippen LogP contribution in [0.3, 0.4) is 0 Å². The molecule has 0 aromatic heterocycles. The van der Waals surface area contributed by atoms with Gasteiger partial charge in [-0.2, -0.15) is 0 Å². The molecule has 2 aromatic rings. The van der Waals surface area contributed by atoms with Gasteiger partial charge in [0.25, 0.3) is 5.91 Å². The molecule has 4 heteroatoms. The van der Waals surface area contributed by atoms with Crippen LogP contribution in [-0.4, -0.2) is 11.1 Å². The summed E-state index contributed by atoms with van der Waals surface area (Å²) in [5.41, 5.74) is 4.99. The second kappa shape index (κ2) is 6.21. The van der Waals surface area contributed by atoms with Crippen LogP contribution in [0, 0.1) is 19.7 Å². The van der Waals surface area contributed by atoms with E-state index in [1.165, 1.54) is 6.07 Å². The van der Waals surface area contributed by atoms with Crippen molar-refractivity contribution >= 4 is 11.5 Å². The number of halogens is 1. The van der Waals surface area contributed by atoms with Gasteiger partial charge in [-0.15, -0.1) is 0 Å². The van der Waals surface area contributed by atoms with Crippen molar-refractivity contribution in [3.63, 3.8) is 0 Å². The molecule has 1 aliphatic carbocycles. The summed E-state index contributed by atoms with van der Waals surface area (Å²) in [6, 6.07) is 12.7. The van der Waals surface area contributed by atoms with E-state index in [2.05, 4.69) is 0 Å². The summed E-state index contributed by atoms with van der Waals surface area (Å²) in [6.45, 7) is 3.69. The average Bonchev–Trinajstić information content (AvgIpc) is 3.03. The SMILES string of the molecule is Cc1ccccc1C1=C[C@](C(=O)NO)(c2cccc(F)c2C)CC1. The number of hydrogen-bond donors (Lipinski definition) is 2. The summed E-state index contributed by atoms with van der Waals surface area (Å²) in [6.07, 6.45) is 3.06. The van der Waals surface area contributed by atoms with Crippen molar-refractivity contribution in [3.05, 3.63) is 76.6 Å². The molecule has 0 saturated carbocycles. The zero-order valence-corrected chi connectivity index (χ0v) is 13.8. The highest BCUT2D eigenvalue weighted by molar-refractivity contribution is 5.94. The van der Waals surface area contributed by atoms with E-state index in [-0.39, 0.29) is 5.82 Å². The summed E-state index contributed by atoms with van der Waals surface area (Å²) in [5.74, 6) is -0.879. The highest BCUT2D eigenvalue weighted by Gasteiger charge is 2.43. The number of nitrogens with one attached hydrogen (secondary N) is 1. The van der Waals surface area contributed by atoms with Crippen molar-refractivity contribution in [2.24, 2.45) is 0 Å². The second-order valence-corrected chi connectivity index (χ2v) is 6.31. The molecule has 0 spiro atoms. The van der Waals surface area contributed by atoms with Gasteiger partial charge in [-0.05, 0) is 60.6 Å². The number of hydrogen-bond acceptors (Lipinski definition) is 2. The van der Waals surface area contributed by atoms with E-state index in [4.69, 9.17) is 0 Å². The standard InChI is InChI=1S/C20H20FNO2/c1-13-6-3-4-7-16(13)15-10-11-20(12-15,19(23)22-24)17-8-5-9-18(21)14(17)2/h3-9,12,24H,10-11H2,1-2H3,(H,22,23)/t20-/m0/s1. The van der Waals surface area contributed by atoms with E-state index >= 15 is 0 Å². The van der Waals surface area contributed by atoms with E-state index in [1.54, 1.807) is 24.5 Å². The third-order valence-corrected chi connectivity index (χ3v) is 4.96. The van der Waals surface area contributed by atoms with Crippen molar-refractivity contribution in [1.82, 2.24) is 5.48 Å². The lowest BCUT2D eigenvalue weighted by molar-refractivity contribution is -0.133. The number of allylic oxidation sites excluding steroid dienone is 1. The maximum absolute atomic E-state index is 14.0. The van der Waals surface area contributed by atoms with Crippen LogP contribution in [0.1, 0.15) is 35.1 Å². The Morgan fingerprint density at radius 1 is 1.17 bits per heavy atom.